The van der Waals surface area contributed by atoms with Gasteiger partial charge in [0.2, 0.25) is 0 Å². The zero-order valence-corrected chi connectivity index (χ0v) is 15.9. The number of nitrogens with zero attached hydrogens (tertiary/aromatic N) is 3. The number of guanidine groups is 1. The number of hydrogen-bond acceptors (Lipinski definition) is 4. The number of aromatic nitrogens is 2. The molecular formula is C20H24N6O2. The van der Waals surface area contributed by atoms with Crippen molar-refractivity contribution in [3.8, 4) is 5.69 Å². The molecule has 8 heteroatoms. The second-order valence-corrected chi connectivity index (χ2v) is 6.24. The second-order valence-electron chi connectivity index (χ2n) is 6.24. The van der Waals surface area contributed by atoms with Crippen LogP contribution in [0.25, 0.3) is 5.69 Å². The topological polar surface area (TPSA) is 110 Å². The minimum Gasteiger partial charge on any atom is -0.454 e. The average molecular weight is 380 g/mol. The summed E-state index contributed by atoms with van der Waals surface area (Å²) in [6.07, 6.45) is 3.66. The molecule has 0 spiro atoms. The molecule has 146 valence electrons. The van der Waals surface area contributed by atoms with Crippen molar-refractivity contribution in [1.29, 1.82) is 0 Å². The molecule has 8 nitrogen and oxygen atoms in total. The Hall–Kier alpha value is -3.55. The molecule has 3 rings (SSSR count). The number of nitrogens with one attached hydrogen (secondary N) is 2. The van der Waals surface area contributed by atoms with Gasteiger partial charge in [-0.1, -0.05) is 12.1 Å². The molecule has 0 saturated carbocycles. The van der Waals surface area contributed by atoms with E-state index in [2.05, 4.69) is 39.8 Å². The molecule has 1 aromatic carbocycles. The van der Waals surface area contributed by atoms with Crippen molar-refractivity contribution < 1.29 is 9.21 Å². The molecule has 4 N–H and O–H groups in total. The van der Waals surface area contributed by atoms with Crippen molar-refractivity contribution >= 4 is 11.9 Å². The van der Waals surface area contributed by atoms with Gasteiger partial charge in [0.1, 0.15) is 12.3 Å². The summed E-state index contributed by atoms with van der Waals surface area (Å²) in [5.74, 6) is 0.758. The maximum Gasteiger partial charge on any atom is 0.284 e. The molecule has 1 atom stereocenters. The van der Waals surface area contributed by atoms with Crippen LogP contribution < -0.4 is 16.4 Å². The zero-order chi connectivity index (χ0) is 19.9. The van der Waals surface area contributed by atoms with Crippen molar-refractivity contribution in [3.05, 3.63) is 71.9 Å². The van der Waals surface area contributed by atoms with Gasteiger partial charge in [0.25, 0.3) is 5.91 Å². The van der Waals surface area contributed by atoms with Crippen molar-refractivity contribution in [3.63, 3.8) is 0 Å². The molecule has 2 heterocycles. The number of nitrogens with two attached hydrogens (primary N) is 1. The van der Waals surface area contributed by atoms with Crippen LogP contribution in [-0.2, 0) is 6.54 Å². The number of carbonyl (C=O) groups is 1. The van der Waals surface area contributed by atoms with Crippen LogP contribution in [0.1, 0.15) is 41.8 Å². The van der Waals surface area contributed by atoms with E-state index in [1.54, 1.807) is 18.3 Å². The molecule has 0 aliphatic rings. The highest BCUT2D eigenvalue weighted by molar-refractivity contribution is 5.89. The third-order valence-electron chi connectivity index (χ3n) is 4.13. The number of aliphatic imine (C=N–C) groups is 1. The predicted molar refractivity (Wildman–Crippen MR) is 107 cm³/mol. The van der Waals surface area contributed by atoms with Crippen molar-refractivity contribution in [2.75, 3.05) is 6.54 Å². The smallest absolute Gasteiger partial charge is 0.284 e. The van der Waals surface area contributed by atoms with Crippen molar-refractivity contribution in [1.82, 2.24) is 20.4 Å². The Kier molecular flexibility index (Phi) is 6.11. The van der Waals surface area contributed by atoms with E-state index in [4.69, 9.17) is 10.2 Å². The number of benzene rings is 1. The zero-order valence-electron chi connectivity index (χ0n) is 15.9. The van der Waals surface area contributed by atoms with E-state index >= 15 is 0 Å². The standard InChI is InChI=1S/C20H24N6O2/c1-3-22-20(23-13-17-8-9-18(28-17)19(21)27)25-14(2)15-6-4-7-16(12-15)26-11-5-10-24-26/h4-12,14H,3,13H2,1-2H3,(H2,21,27)(H2,22,23,25). The van der Waals surface area contributed by atoms with E-state index in [-0.39, 0.29) is 11.8 Å². The third kappa shape index (κ3) is 4.79. The van der Waals surface area contributed by atoms with Crippen LogP contribution in [0, 0.1) is 0 Å². The lowest BCUT2D eigenvalue weighted by atomic mass is 10.1. The number of rotatable bonds is 7. The van der Waals surface area contributed by atoms with E-state index in [9.17, 15) is 4.79 Å². The van der Waals surface area contributed by atoms with Gasteiger partial charge < -0.3 is 20.8 Å². The second kappa shape index (κ2) is 8.90. The third-order valence-corrected chi connectivity index (χ3v) is 4.13. The molecular weight excluding hydrogens is 356 g/mol. The molecule has 0 radical (unpaired) electrons. The predicted octanol–water partition coefficient (Wildman–Crippen LogP) is 2.38. The van der Waals surface area contributed by atoms with Gasteiger partial charge in [-0.2, -0.15) is 5.10 Å². The Morgan fingerprint density at radius 3 is 2.86 bits per heavy atom. The summed E-state index contributed by atoms with van der Waals surface area (Å²) in [7, 11) is 0. The normalized spacial score (nSPS) is 12.6. The van der Waals surface area contributed by atoms with Crippen LogP contribution in [-0.4, -0.2) is 28.2 Å². The van der Waals surface area contributed by atoms with Gasteiger partial charge in [-0.3, -0.25) is 4.79 Å². The summed E-state index contributed by atoms with van der Waals surface area (Å²) in [5.41, 5.74) is 7.31. The number of furan rings is 1. The van der Waals surface area contributed by atoms with Gasteiger partial charge in [0, 0.05) is 18.9 Å². The minimum absolute atomic E-state index is 0.0195. The van der Waals surface area contributed by atoms with Gasteiger partial charge in [0.15, 0.2) is 11.7 Å². The number of hydrogen-bond donors (Lipinski definition) is 3. The maximum absolute atomic E-state index is 11.1. The number of carbonyl (C=O) groups excluding carboxylic acids is 1. The lowest BCUT2D eigenvalue weighted by Gasteiger charge is -2.18. The summed E-state index contributed by atoms with van der Waals surface area (Å²) in [4.78, 5) is 15.7. The van der Waals surface area contributed by atoms with Crippen LogP contribution in [0.15, 0.2) is 64.3 Å². The highest BCUT2D eigenvalue weighted by atomic mass is 16.3. The first-order chi connectivity index (χ1) is 13.6. The Labute approximate surface area is 163 Å². The first kappa shape index (κ1) is 19.2. The Morgan fingerprint density at radius 1 is 1.32 bits per heavy atom. The van der Waals surface area contributed by atoms with Gasteiger partial charge in [-0.05, 0) is 49.7 Å². The monoisotopic (exact) mass is 380 g/mol. The minimum atomic E-state index is -0.592. The molecule has 3 aromatic rings. The first-order valence-electron chi connectivity index (χ1n) is 9.10. The number of primary amides is 1. The molecule has 0 bridgehead atoms. The maximum atomic E-state index is 11.1. The van der Waals surface area contributed by atoms with E-state index in [1.165, 1.54) is 0 Å². The summed E-state index contributed by atoms with van der Waals surface area (Å²) < 4.78 is 7.20. The molecule has 28 heavy (non-hydrogen) atoms. The molecule has 1 amide bonds. The Bertz CT molecular complexity index is 945. The largest absolute Gasteiger partial charge is 0.454 e. The molecule has 0 saturated heterocycles. The van der Waals surface area contributed by atoms with Crippen molar-refractivity contribution in [2.45, 2.75) is 26.4 Å². The molecule has 2 aromatic heterocycles. The van der Waals surface area contributed by atoms with Gasteiger partial charge >= 0.3 is 0 Å². The van der Waals surface area contributed by atoms with E-state index < -0.39 is 5.91 Å². The van der Waals surface area contributed by atoms with E-state index in [0.29, 0.717) is 18.3 Å². The van der Waals surface area contributed by atoms with Crippen molar-refractivity contribution in [2.24, 2.45) is 10.7 Å². The summed E-state index contributed by atoms with van der Waals surface area (Å²) >= 11 is 0. The average Bonchev–Trinajstić information content (AvgIpc) is 3.38. The lowest BCUT2D eigenvalue weighted by Crippen LogP contribution is -2.38. The number of amides is 1. The Morgan fingerprint density at radius 2 is 2.18 bits per heavy atom. The van der Waals surface area contributed by atoms with Crippen LogP contribution >= 0.6 is 0 Å². The SMILES string of the molecule is CCNC(=NCc1ccc(C(N)=O)o1)NC(C)c1cccc(-n2cccn2)c1. The summed E-state index contributed by atoms with van der Waals surface area (Å²) in [6.45, 7) is 5.07. The fraction of sp³-hybridized carbons (Fsp3) is 0.250. The highest BCUT2D eigenvalue weighted by Gasteiger charge is 2.10. The van der Waals surface area contributed by atoms with Crippen LogP contribution in [0.2, 0.25) is 0 Å². The van der Waals surface area contributed by atoms with E-state index in [1.807, 2.05) is 36.0 Å². The van der Waals surface area contributed by atoms with Crippen LogP contribution in [0.5, 0.6) is 0 Å². The van der Waals surface area contributed by atoms with Gasteiger partial charge in [0.05, 0.1) is 11.7 Å². The molecule has 0 fully saturated rings. The highest BCUT2D eigenvalue weighted by Crippen LogP contribution is 2.16. The fourth-order valence-corrected chi connectivity index (χ4v) is 2.72. The van der Waals surface area contributed by atoms with Crippen LogP contribution in [0.4, 0.5) is 0 Å². The quantitative estimate of drug-likeness (QED) is 0.430. The van der Waals surface area contributed by atoms with Gasteiger partial charge in [-0.15, -0.1) is 0 Å². The van der Waals surface area contributed by atoms with Gasteiger partial charge in [-0.25, -0.2) is 9.67 Å². The summed E-state index contributed by atoms with van der Waals surface area (Å²) in [5, 5.41) is 10.9. The lowest BCUT2D eigenvalue weighted by molar-refractivity contribution is 0.0972. The molecule has 0 aliphatic heterocycles. The summed E-state index contributed by atoms with van der Waals surface area (Å²) in [6, 6.07) is 13.3. The van der Waals surface area contributed by atoms with Crippen LogP contribution in [0.3, 0.4) is 0 Å². The van der Waals surface area contributed by atoms with E-state index in [0.717, 1.165) is 17.8 Å². The molecule has 0 aliphatic carbocycles. The fourth-order valence-electron chi connectivity index (χ4n) is 2.72. The first-order valence-corrected chi connectivity index (χ1v) is 9.10. The molecule has 1 unspecified atom stereocenters. The Balaban J connectivity index is 1.70.